The van der Waals surface area contributed by atoms with E-state index in [1.54, 1.807) is 12.1 Å². The minimum atomic E-state index is -0.648. The fourth-order valence-corrected chi connectivity index (χ4v) is 0.980. The van der Waals surface area contributed by atoms with E-state index >= 15 is 0 Å². The Balaban J connectivity index is 2.92. The standard InChI is InChI=1S/C8H6O3/c1-5-2-3-6-7(4-5)11-8(9)10-6/h2-4H,1H3. The Hall–Kier alpha value is -1.51. The predicted molar refractivity (Wildman–Crippen MR) is 39.5 cm³/mol. The first-order valence-corrected chi connectivity index (χ1v) is 3.26. The van der Waals surface area contributed by atoms with Gasteiger partial charge in [0.05, 0.1) is 0 Å². The molecule has 0 atom stereocenters. The molecular weight excluding hydrogens is 144 g/mol. The van der Waals surface area contributed by atoms with Gasteiger partial charge in [-0.3, -0.25) is 0 Å². The lowest BCUT2D eigenvalue weighted by molar-refractivity contribution is 0.409. The summed E-state index contributed by atoms with van der Waals surface area (Å²) in [7, 11) is 0. The molecule has 0 saturated heterocycles. The van der Waals surface area contributed by atoms with Crippen molar-refractivity contribution in [2.75, 3.05) is 0 Å². The largest absolute Gasteiger partial charge is 0.519 e. The lowest BCUT2D eigenvalue weighted by Crippen LogP contribution is -1.84. The summed E-state index contributed by atoms with van der Waals surface area (Å²) in [5.41, 5.74) is 2.05. The van der Waals surface area contributed by atoms with E-state index in [1.807, 2.05) is 13.0 Å². The molecule has 0 fully saturated rings. The number of hydrogen-bond acceptors (Lipinski definition) is 3. The first kappa shape index (κ1) is 6.22. The Morgan fingerprint density at radius 3 is 2.73 bits per heavy atom. The molecule has 0 unspecified atom stereocenters. The van der Waals surface area contributed by atoms with Gasteiger partial charge in [-0.1, -0.05) is 6.07 Å². The van der Waals surface area contributed by atoms with E-state index in [1.165, 1.54) is 0 Å². The van der Waals surface area contributed by atoms with Crippen LogP contribution in [0.25, 0.3) is 11.2 Å². The number of hydrogen-bond donors (Lipinski definition) is 0. The van der Waals surface area contributed by atoms with Gasteiger partial charge in [-0.25, -0.2) is 4.79 Å². The second-order valence-electron chi connectivity index (χ2n) is 2.40. The van der Waals surface area contributed by atoms with Crippen LogP contribution in [-0.2, 0) is 0 Å². The SMILES string of the molecule is Cc1ccc2oc(=O)oc2c1. The van der Waals surface area contributed by atoms with Crippen molar-refractivity contribution in [2.45, 2.75) is 6.92 Å². The maximum atomic E-state index is 10.6. The van der Waals surface area contributed by atoms with Crippen molar-refractivity contribution >= 4 is 11.2 Å². The summed E-state index contributed by atoms with van der Waals surface area (Å²) in [4.78, 5) is 10.6. The van der Waals surface area contributed by atoms with E-state index in [9.17, 15) is 4.79 Å². The molecular formula is C8H6O3. The Labute approximate surface area is 62.2 Å². The monoisotopic (exact) mass is 150 g/mol. The Bertz CT molecular complexity index is 436. The van der Waals surface area contributed by atoms with Gasteiger partial charge < -0.3 is 8.83 Å². The van der Waals surface area contributed by atoms with Gasteiger partial charge in [-0.05, 0) is 24.6 Å². The van der Waals surface area contributed by atoms with Crippen LogP contribution >= 0.6 is 0 Å². The van der Waals surface area contributed by atoms with E-state index < -0.39 is 5.82 Å². The summed E-state index contributed by atoms with van der Waals surface area (Å²) in [6, 6.07) is 5.34. The summed E-state index contributed by atoms with van der Waals surface area (Å²) in [5, 5.41) is 0. The number of benzene rings is 1. The van der Waals surface area contributed by atoms with Crippen molar-refractivity contribution < 1.29 is 8.83 Å². The second kappa shape index (κ2) is 1.99. The van der Waals surface area contributed by atoms with E-state index in [4.69, 9.17) is 8.83 Å². The second-order valence-corrected chi connectivity index (χ2v) is 2.40. The third-order valence-corrected chi connectivity index (χ3v) is 1.49. The molecule has 0 bridgehead atoms. The molecule has 11 heavy (non-hydrogen) atoms. The molecule has 3 heteroatoms. The maximum Gasteiger partial charge on any atom is 0.519 e. The van der Waals surface area contributed by atoms with Gasteiger partial charge in [0.15, 0.2) is 11.2 Å². The average Bonchev–Trinajstić information content (AvgIpc) is 2.27. The zero-order valence-corrected chi connectivity index (χ0v) is 5.96. The van der Waals surface area contributed by atoms with Gasteiger partial charge in [0, 0.05) is 0 Å². The highest BCUT2D eigenvalue weighted by atomic mass is 16.6. The summed E-state index contributed by atoms with van der Waals surface area (Å²) < 4.78 is 9.43. The fraction of sp³-hybridized carbons (Fsp3) is 0.125. The van der Waals surface area contributed by atoms with Crippen molar-refractivity contribution in [3.63, 3.8) is 0 Å². The number of fused-ring (bicyclic) bond motifs is 1. The van der Waals surface area contributed by atoms with E-state index in [2.05, 4.69) is 0 Å². The van der Waals surface area contributed by atoms with Crippen LogP contribution in [0.4, 0.5) is 0 Å². The fourth-order valence-electron chi connectivity index (χ4n) is 0.980. The van der Waals surface area contributed by atoms with Crippen molar-refractivity contribution in [1.29, 1.82) is 0 Å². The predicted octanol–water partition coefficient (Wildman–Crippen LogP) is 1.69. The third-order valence-electron chi connectivity index (χ3n) is 1.49. The van der Waals surface area contributed by atoms with Gasteiger partial charge in [0.2, 0.25) is 0 Å². The van der Waals surface area contributed by atoms with Crippen LogP contribution in [0.3, 0.4) is 0 Å². The number of rotatable bonds is 0. The molecule has 0 radical (unpaired) electrons. The van der Waals surface area contributed by atoms with Crippen molar-refractivity contribution in [3.8, 4) is 0 Å². The van der Waals surface area contributed by atoms with Crippen LogP contribution in [0, 0.1) is 6.92 Å². The average molecular weight is 150 g/mol. The minimum absolute atomic E-state index is 0.501. The van der Waals surface area contributed by atoms with Crippen LogP contribution in [0.1, 0.15) is 5.56 Å². The topological polar surface area (TPSA) is 43.4 Å². The number of aryl methyl sites for hydroxylation is 1. The summed E-state index contributed by atoms with van der Waals surface area (Å²) in [6.45, 7) is 1.92. The molecule has 1 aromatic heterocycles. The molecule has 56 valence electrons. The first-order valence-electron chi connectivity index (χ1n) is 3.26. The highest BCUT2D eigenvalue weighted by molar-refractivity contribution is 5.70. The summed E-state index contributed by atoms with van der Waals surface area (Å²) in [6.07, 6.45) is 0. The molecule has 2 rings (SSSR count). The molecule has 0 aliphatic heterocycles. The van der Waals surface area contributed by atoms with Crippen molar-refractivity contribution in [3.05, 3.63) is 34.4 Å². The van der Waals surface area contributed by atoms with Crippen LogP contribution in [0.5, 0.6) is 0 Å². The lowest BCUT2D eigenvalue weighted by Gasteiger charge is -1.86. The first-order chi connectivity index (χ1) is 5.25. The summed E-state index contributed by atoms with van der Waals surface area (Å²) >= 11 is 0. The van der Waals surface area contributed by atoms with Crippen LogP contribution < -0.4 is 5.82 Å². The molecule has 0 N–H and O–H groups in total. The third kappa shape index (κ3) is 0.941. The normalized spacial score (nSPS) is 10.6. The molecule has 1 heterocycles. The van der Waals surface area contributed by atoms with Gasteiger partial charge >= 0.3 is 5.82 Å². The van der Waals surface area contributed by atoms with Gasteiger partial charge in [0.1, 0.15) is 0 Å². The van der Waals surface area contributed by atoms with Gasteiger partial charge in [-0.2, -0.15) is 0 Å². The quantitative estimate of drug-likeness (QED) is 0.574. The van der Waals surface area contributed by atoms with Gasteiger partial charge in [-0.15, -0.1) is 0 Å². The molecule has 0 amide bonds. The minimum Gasteiger partial charge on any atom is -0.391 e. The molecule has 2 aromatic rings. The smallest absolute Gasteiger partial charge is 0.391 e. The van der Waals surface area contributed by atoms with Crippen molar-refractivity contribution in [1.82, 2.24) is 0 Å². The molecule has 0 aliphatic rings. The van der Waals surface area contributed by atoms with Crippen LogP contribution in [0.2, 0.25) is 0 Å². The van der Waals surface area contributed by atoms with Crippen LogP contribution in [0.15, 0.2) is 31.8 Å². The Morgan fingerprint density at radius 1 is 1.18 bits per heavy atom. The molecule has 0 saturated carbocycles. The molecule has 0 aliphatic carbocycles. The zero-order chi connectivity index (χ0) is 7.84. The molecule has 0 spiro atoms. The highest BCUT2D eigenvalue weighted by Crippen LogP contribution is 2.13. The van der Waals surface area contributed by atoms with E-state index in [-0.39, 0.29) is 0 Å². The van der Waals surface area contributed by atoms with Crippen LogP contribution in [-0.4, -0.2) is 0 Å². The van der Waals surface area contributed by atoms with E-state index in [0.29, 0.717) is 11.2 Å². The molecule has 3 nitrogen and oxygen atoms in total. The molecule has 1 aromatic carbocycles. The summed E-state index contributed by atoms with van der Waals surface area (Å²) in [5.74, 6) is -0.648. The Morgan fingerprint density at radius 2 is 1.91 bits per heavy atom. The highest BCUT2D eigenvalue weighted by Gasteiger charge is 2.01. The van der Waals surface area contributed by atoms with E-state index in [0.717, 1.165) is 5.56 Å². The zero-order valence-electron chi connectivity index (χ0n) is 5.96. The maximum absolute atomic E-state index is 10.6. The van der Waals surface area contributed by atoms with Crippen molar-refractivity contribution in [2.24, 2.45) is 0 Å². The van der Waals surface area contributed by atoms with Gasteiger partial charge in [0.25, 0.3) is 0 Å². The Kier molecular flexibility index (Phi) is 1.12. The lowest BCUT2D eigenvalue weighted by atomic mass is 10.2.